The molecule has 17 heavy (non-hydrogen) atoms. The number of anilines is 1. The molecule has 1 unspecified atom stereocenters. The number of nitrogens with one attached hydrogen (secondary N) is 2. The lowest BCUT2D eigenvalue weighted by Crippen LogP contribution is -2.39. The molecular weight excluding hydrogens is 216 g/mol. The summed E-state index contributed by atoms with van der Waals surface area (Å²) < 4.78 is 0. The monoisotopic (exact) mass is 236 g/mol. The Morgan fingerprint density at radius 2 is 2.00 bits per heavy atom. The fraction of sp³-hybridized carbons (Fsp3) is 0.462. The summed E-state index contributed by atoms with van der Waals surface area (Å²) in [5.74, 6) is -0.845. The van der Waals surface area contributed by atoms with E-state index in [1.807, 2.05) is 12.1 Å². The number of aryl methyl sites for hydroxylation is 1. The van der Waals surface area contributed by atoms with Crippen molar-refractivity contribution in [1.82, 2.24) is 5.32 Å². The topological polar surface area (TPSA) is 61.4 Å². The largest absolute Gasteiger partial charge is 0.480 e. The molecular formula is C13H20N2O2. The third kappa shape index (κ3) is 4.44. The summed E-state index contributed by atoms with van der Waals surface area (Å²) in [4.78, 5) is 10.8. The first-order valence-corrected chi connectivity index (χ1v) is 5.90. The SMILES string of the molecule is CCCc1ccc(NCC(NC)C(=O)O)cc1. The molecule has 1 aromatic rings. The van der Waals surface area contributed by atoms with Gasteiger partial charge in [0.15, 0.2) is 0 Å². The molecule has 94 valence electrons. The summed E-state index contributed by atoms with van der Waals surface area (Å²) >= 11 is 0. The average molecular weight is 236 g/mol. The van der Waals surface area contributed by atoms with E-state index in [0.717, 1.165) is 18.5 Å². The first-order chi connectivity index (χ1) is 8.17. The lowest BCUT2D eigenvalue weighted by molar-refractivity contribution is -0.138. The van der Waals surface area contributed by atoms with E-state index in [9.17, 15) is 4.79 Å². The molecule has 0 radical (unpaired) electrons. The standard InChI is InChI=1S/C13H20N2O2/c1-3-4-10-5-7-11(8-6-10)15-9-12(14-2)13(16)17/h5-8,12,14-15H,3-4,9H2,1-2H3,(H,16,17). The lowest BCUT2D eigenvalue weighted by atomic mass is 10.1. The van der Waals surface area contributed by atoms with E-state index in [1.54, 1.807) is 7.05 Å². The van der Waals surface area contributed by atoms with E-state index in [0.29, 0.717) is 6.54 Å². The summed E-state index contributed by atoms with van der Waals surface area (Å²) in [6.45, 7) is 2.52. The quantitative estimate of drug-likeness (QED) is 0.674. The third-order valence-corrected chi connectivity index (χ3v) is 2.65. The molecule has 0 amide bonds. The maximum Gasteiger partial charge on any atom is 0.322 e. The number of carboxylic acids is 1. The molecule has 0 bridgehead atoms. The van der Waals surface area contributed by atoms with E-state index in [4.69, 9.17) is 5.11 Å². The van der Waals surface area contributed by atoms with Crippen LogP contribution >= 0.6 is 0 Å². The second-order valence-corrected chi connectivity index (χ2v) is 4.01. The zero-order valence-corrected chi connectivity index (χ0v) is 10.4. The minimum atomic E-state index is -0.845. The van der Waals surface area contributed by atoms with Crippen molar-refractivity contribution in [2.24, 2.45) is 0 Å². The average Bonchev–Trinajstić information content (AvgIpc) is 2.32. The minimum absolute atomic E-state index is 0.374. The zero-order valence-electron chi connectivity index (χ0n) is 10.4. The van der Waals surface area contributed by atoms with Gasteiger partial charge in [-0.25, -0.2) is 0 Å². The van der Waals surface area contributed by atoms with Crippen LogP contribution in [0.3, 0.4) is 0 Å². The van der Waals surface area contributed by atoms with E-state index >= 15 is 0 Å². The van der Waals surface area contributed by atoms with Gasteiger partial charge in [-0.05, 0) is 31.2 Å². The minimum Gasteiger partial charge on any atom is -0.480 e. The molecule has 0 saturated heterocycles. The van der Waals surface area contributed by atoms with Crippen molar-refractivity contribution in [2.75, 3.05) is 18.9 Å². The van der Waals surface area contributed by atoms with Gasteiger partial charge in [-0.2, -0.15) is 0 Å². The van der Waals surface area contributed by atoms with E-state index in [2.05, 4.69) is 29.7 Å². The Balaban J connectivity index is 2.49. The normalized spacial score (nSPS) is 12.1. The van der Waals surface area contributed by atoms with Crippen molar-refractivity contribution in [3.8, 4) is 0 Å². The Morgan fingerprint density at radius 1 is 1.35 bits per heavy atom. The Bertz CT molecular complexity index is 349. The molecule has 0 aliphatic rings. The molecule has 4 nitrogen and oxygen atoms in total. The number of carboxylic acid groups (broad SMARTS) is 1. The van der Waals surface area contributed by atoms with Crippen molar-refractivity contribution < 1.29 is 9.90 Å². The fourth-order valence-corrected chi connectivity index (χ4v) is 1.61. The van der Waals surface area contributed by atoms with Crippen LogP contribution in [-0.2, 0) is 11.2 Å². The van der Waals surface area contributed by atoms with Crippen molar-refractivity contribution in [2.45, 2.75) is 25.8 Å². The van der Waals surface area contributed by atoms with Gasteiger partial charge in [0.05, 0.1) is 0 Å². The molecule has 0 fully saturated rings. The zero-order chi connectivity index (χ0) is 12.7. The molecule has 0 aliphatic heterocycles. The smallest absolute Gasteiger partial charge is 0.322 e. The number of rotatable bonds is 7. The predicted octanol–water partition coefficient (Wildman–Crippen LogP) is 1.72. The van der Waals surface area contributed by atoms with Gasteiger partial charge in [0, 0.05) is 12.2 Å². The van der Waals surface area contributed by atoms with Crippen molar-refractivity contribution >= 4 is 11.7 Å². The number of hydrogen-bond acceptors (Lipinski definition) is 3. The van der Waals surface area contributed by atoms with Crippen LogP contribution in [0.15, 0.2) is 24.3 Å². The summed E-state index contributed by atoms with van der Waals surface area (Å²) in [5.41, 5.74) is 2.26. The first kappa shape index (κ1) is 13.5. The van der Waals surface area contributed by atoms with E-state index < -0.39 is 12.0 Å². The second-order valence-electron chi connectivity index (χ2n) is 4.01. The summed E-state index contributed by atoms with van der Waals surface area (Å²) in [7, 11) is 1.64. The van der Waals surface area contributed by atoms with Crippen molar-refractivity contribution in [3.63, 3.8) is 0 Å². The Hall–Kier alpha value is -1.55. The van der Waals surface area contributed by atoms with Crippen LogP contribution in [0.25, 0.3) is 0 Å². The first-order valence-electron chi connectivity index (χ1n) is 5.90. The van der Waals surface area contributed by atoms with Crippen LogP contribution < -0.4 is 10.6 Å². The van der Waals surface area contributed by atoms with Gasteiger partial charge in [0.25, 0.3) is 0 Å². The number of likely N-dealkylation sites (N-methyl/N-ethyl adjacent to an activating group) is 1. The van der Waals surface area contributed by atoms with Gasteiger partial charge in [-0.1, -0.05) is 25.5 Å². The van der Waals surface area contributed by atoms with Crippen molar-refractivity contribution in [3.05, 3.63) is 29.8 Å². The van der Waals surface area contributed by atoms with E-state index in [1.165, 1.54) is 5.56 Å². The van der Waals surface area contributed by atoms with Gasteiger partial charge in [0.2, 0.25) is 0 Å². The van der Waals surface area contributed by atoms with Crippen LogP contribution in [0.1, 0.15) is 18.9 Å². The highest BCUT2D eigenvalue weighted by Crippen LogP contribution is 2.10. The summed E-state index contributed by atoms with van der Waals surface area (Å²) in [6.07, 6.45) is 2.21. The highest BCUT2D eigenvalue weighted by molar-refractivity contribution is 5.74. The third-order valence-electron chi connectivity index (χ3n) is 2.65. The number of aliphatic carboxylic acids is 1. The molecule has 4 heteroatoms. The molecule has 0 spiro atoms. The Kier molecular flexibility index (Phi) is 5.49. The molecule has 0 aromatic heterocycles. The van der Waals surface area contributed by atoms with Crippen LogP contribution in [0.4, 0.5) is 5.69 Å². The molecule has 1 aromatic carbocycles. The van der Waals surface area contributed by atoms with Crippen LogP contribution in [-0.4, -0.2) is 30.7 Å². The van der Waals surface area contributed by atoms with Gasteiger partial charge < -0.3 is 15.7 Å². The van der Waals surface area contributed by atoms with Gasteiger partial charge in [0.1, 0.15) is 6.04 Å². The summed E-state index contributed by atoms with van der Waals surface area (Å²) in [6, 6.07) is 7.55. The Morgan fingerprint density at radius 3 is 2.47 bits per heavy atom. The summed E-state index contributed by atoms with van der Waals surface area (Å²) in [5, 5.41) is 14.7. The van der Waals surface area contributed by atoms with Crippen LogP contribution in [0.2, 0.25) is 0 Å². The predicted molar refractivity (Wildman–Crippen MR) is 69.4 cm³/mol. The van der Waals surface area contributed by atoms with Gasteiger partial charge in [-0.15, -0.1) is 0 Å². The maximum atomic E-state index is 10.8. The maximum absolute atomic E-state index is 10.8. The molecule has 1 atom stereocenters. The number of hydrogen-bond donors (Lipinski definition) is 3. The van der Waals surface area contributed by atoms with Gasteiger partial charge >= 0.3 is 5.97 Å². The lowest BCUT2D eigenvalue weighted by Gasteiger charge is -2.13. The highest BCUT2D eigenvalue weighted by Gasteiger charge is 2.13. The van der Waals surface area contributed by atoms with Crippen LogP contribution in [0, 0.1) is 0 Å². The van der Waals surface area contributed by atoms with Crippen LogP contribution in [0.5, 0.6) is 0 Å². The molecule has 0 heterocycles. The molecule has 3 N–H and O–H groups in total. The highest BCUT2D eigenvalue weighted by atomic mass is 16.4. The second kappa shape index (κ2) is 6.91. The Labute approximate surface area is 102 Å². The fourth-order valence-electron chi connectivity index (χ4n) is 1.61. The van der Waals surface area contributed by atoms with E-state index in [-0.39, 0.29) is 0 Å². The number of carbonyl (C=O) groups is 1. The molecule has 0 saturated carbocycles. The van der Waals surface area contributed by atoms with Gasteiger partial charge in [-0.3, -0.25) is 4.79 Å². The number of benzene rings is 1. The molecule has 0 aliphatic carbocycles. The van der Waals surface area contributed by atoms with Crippen molar-refractivity contribution in [1.29, 1.82) is 0 Å². The molecule has 1 rings (SSSR count).